The van der Waals surface area contributed by atoms with Crippen molar-refractivity contribution in [2.45, 2.75) is 450 Å². The van der Waals surface area contributed by atoms with Crippen LogP contribution < -0.4 is 5.32 Å². The summed E-state index contributed by atoms with van der Waals surface area (Å²) >= 11 is 0. The van der Waals surface area contributed by atoms with E-state index in [1.165, 1.54) is 360 Å². The normalized spacial score (nSPS) is 12.6. The number of carbonyl (C=O) groups excluding carboxylic acids is 2. The first-order chi connectivity index (χ1) is 41.5. The van der Waals surface area contributed by atoms with Crippen molar-refractivity contribution in [3.05, 3.63) is 24.3 Å². The molecule has 84 heavy (non-hydrogen) atoms. The molecular weight excluding hydrogens is 1030 g/mol. The summed E-state index contributed by atoms with van der Waals surface area (Å²) in [4.78, 5) is 24.6. The first-order valence-electron chi connectivity index (χ1n) is 38.6. The number of hydrogen-bond donors (Lipinski definition) is 3. The molecule has 3 N–H and O–H groups in total. The molecule has 0 bridgehead atoms. The Morgan fingerprint density at radius 3 is 0.845 bits per heavy atom. The van der Waals surface area contributed by atoms with Crippen molar-refractivity contribution >= 4 is 11.9 Å². The summed E-state index contributed by atoms with van der Waals surface area (Å²) in [7, 11) is 0. The molecule has 0 aliphatic heterocycles. The molecule has 0 aliphatic rings. The van der Waals surface area contributed by atoms with Gasteiger partial charge in [0.25, 0.3) is 0 Å². The Kier molecular flexibility index (Phi) is 72.3. The number of carbonyl (C=O) groups is 2. The zero-order valence-corrected chi connectivity index (χ0v) is 57.2. The number of rotatable bonds is 73. The SMILES string of the molecule is CCCCCCCCC/C=C\CCCCCCCCCC(=O)OCCCCCCCCCCCCCC/C=C\CCCCCCCCCCCCCCCCCCC(=O)NC(CO)C(O)CCCCCCCCCCCCCCCCCCC. The Hall–Kier alpha value is -1.66. The molecule has 1 amide bonds. The molecule has 2 atom stereocenters. The van der Waals surface area contributed by atoms with E-state index in [9.17, 15) is 19.8 Å². The molecule has 6 nitrogen and oxygen atoms in total. The number of nitrogens with one attached hydrogen (secondary N) is 1. The zero-order valence-electron chi connectivity index (χ0n) is 57.2. The van der Waals surface area contributed by atoms with Gasteiger partial charge in [-0.15, -0.1) is 0 Å². The number of aliphatic hydroxyl groups is 2. The molecule has 0 aliphatic carbocycles. The molecule has 0 radical (unpaired) electrons. The summed E-state index contributed by atoms with van der Waals surface area (Å²) in [6.07, 6.45) is 94.0. The lowest BCUT2D eigenvalue weighted by Gasteiger charge is -2.22. The van der Waals surface area contributed by atoms with Crippen molar-refractivity contribution in [2.75, 3.05) is 13.2 Å². The smallest absolute Gasteiger partial charge is 0.305 e. The molecular formula is C78H151NO5. The molecule has 0 rings (SSSR count). The van der Waals surface area contributed by atoms with E-state index in [1.54, 1.807) is 0 Å². The summed E-state index contributed by atoms with van der Waals surface area (Å²) < 4.78 is 5.51. The van der Waals surface area contributed by atoms with Crippen LogP contribution in [0.4, 0.5) is 0 Å². The molecule has 0 saturated heterocycles. The fourth-order valence-corrected chi connectivity index (χ4v) is 12.3. The lowest BCUT2D eigenvalue weighted by Crippen LogP contribution is -2.45. The highest BCUT2D eigenvalue weighted by atomic mass is 16.5. The molecule has 0 aromatic rings. The predicted octanol–water partition coefficient (Wildman–Crippen LogP) is 25.3. The van der Waals surface area contributed by atoms with Crippen molar-refractivity contribution in [1.29, 1.82) is 0 Å². The van der Waals surface area contributed by atoms with Gasteiger partial charge in [0.2, 0.25) is 5.91 Å². The fraction of sp³-hybridized carbons (Fsp3) is 0.923. The van der Waals surface area contributed by atoms with Crippen LogP contribution in [0.5, 0.6) is 0 Å². The Balaban J connectivity index is 3.34. The minimum atomic E-state index is -0.663. The maximum atomic E-state index is 12.5. The number of allylic oxidation sites excluding steroid dienone is 4. The van der Waals surface area contributed by atoms with Gasteiger partial charge >= 0.3 is 5.97 Å². The van der Waals surface area contributed by atoms with Crippen LogP contribution in [0.15, 0.2) is 24.3 Å². The third-order valence-electron chi connectivity index (χ3n) is 18.2. The number of esters is 1. The third kappa shape index (κ3) is 69.4. The van der Waals surface area contributed by atoms with E-state index in [2.05, 4.69) is 43.5 Å². The van der Waals surface area contributed by atoms with Gasteiger partial charge in [0, 0.05) is 12.8 Å². The standard InChI is InChI=1S/C78H151NO5/c1-3-5-7-9-11-13-15-17-19-21-40-44-48-52-56-60-64-68-72-78(83)84-73-69-65-61-57-53-49-45-41-37-35-33-31-29-27-25-23-22-24-26-28-30-32-34-36-39-43-47-51-55-59-63-67-71-77(82)79-75(74-80)76(81)70-66-62-58-54-50-46-42-38-20-18-16-14-12-10-8-6-4-2/h19,21,25,27,75-76,80-81H,3-18,20,22-24,26,28-74H2,1-2H3,(H,79,82)/b21-19-,27-25-. The van der Waals surface area contributed by atoms with E-state index in [0.717, 1.165) is 44.9 Å². The van der Waals surface area contributed by atoms with E-state index in [-0.39, 0.29) is 18.5 Å². The Morgan fingerprint density at radius 2 is 0.560 bits per heavy atom. The Morgan fingerprint density at radius 1 is 0.321 bits per heavy atom. The van der Waals surface area contributed by atoms with E-state index in [0.29, 0.717) is 25.9 Å². The van der Waals surface area contributed by atoms with Gasteiger partial charge in [-0.25, -0.2) is 0 Å². The molecule has 0 aromatic heterocycles. The molecule has 0 saturated carbocycles. The predicted molar refractivity (Wildman–Crippen MR) is 370 cm³/mol. The molecule has 0 spiro atoms. The molecule has 2 unspecified atom stereocenters. The van der Waals surface area contributed by atoms with Crippen LogP contribution in [-0.2, 0) is 14.3 Å². The monoisotopic (exact) mass is 1180 g/mol. The fourth-order valence-electron chi connectivity index (χ4n) is 12.3. The van der Waals surface area contributed by atoms with Crippen LogP contribution in [-0.4, -0.2) is 47.4 Å². The number of amides is 1. The average molecular weight is 1180 g/mol. The van der Waals surface area contributed by atoms with Gasteiger partial charge in [0.15, 0.2) is 0 Å². The number of aliphatic hydroxyl groups excluding tert-OH is 2. The van der Waals surface area contributed by atoms with Crippen molar-refractivity contribution in [3.63, 3.8) is 0 Å². The van der Waals surface area contributed by atoms with Crippen LogP contribution in [0, 0.1) is 0 Å². The second-order valence-corrected chi connectivity index (χ2v) is 26.7. The van der Waals surface area contributed by atoms with Crippen LogP contribution in [0.3, 0.4) is 0 Å². The van der Waals surface area contributed by atoms with Crippen molar-refractivity contribution in [3.8, 4) is 0 Å². The van der Waals surface area contributed by atoms with Crippen LogP contribution in [0.1, 0.15) is 438 Å². The van der Waals surface area contributed by atoms with Crippen molar-refractivity contribution in [1.82, 2.24) is 5.32 Å². The highest BCUT2D eigenvalue weighted by Crippen LogP contribution is 2.19. The lowest BCUT2D eigenvalue weighted by molar-refractivity contribution is -0.143. The average Bonchev–Trinajstić information content (AvgIpc) is 3.51. The van der Waals surface area contributed by atoms with E-state index in [4.69, 9.17) is 4.74 Å². The van der Waals surface area contributed by atoms with Crippen LogP contribution in [0.25, 0.3) is 0 Å². The first kappa shape index (κ1) is 82.3. The second kappa shape index (κ2) is 73.8. The summed E-state index contributed by atoms with van der Waals surface area (Å²) in [5.74, 6) is -0.0120. The minimum absolute atomic E-state index is 0.0163. The first-order valence-corrected chi connectivity index (χ1v) is 38.6. The number of unbranched alkanes of at least 4 members (excludes halogenated alkanes) is 58. The van der Waals surface area contributed by atoms with Crippen molar-refractivity contribution in [2.24, 2.45) is 0 Å². The van der Waals surface area contributed by atoms with Gasteiger partial charge in [0.1, 0.15) is 0 Å². The van der Waals surface area contributed by atoms with E-state index >= 15 is 0 Å². The highest BCUT2D eigenvalue weighted by Gasteiger charge is 2.20. The Labute approximate surface area is 526 Å². The minimum Gasteiger partial charge on any atom is -0.466 e. The molecule has 0 aromatic carbocycles. The van der Waals surface area contributed by atoms with Gasteiger partial charge in [-0.2, -0.15) is 0 Å². The molecule has 498 valence electrons. The van der Waals surface area contributed by atoms with Crippen LogP contribution >= 0.6 is 0 Å². The largest absolute Gasteiger partial charge is 0.466 e. The van der Waals surface area contributed by atoms with Crippen LogP contribution in [0.2, 0.25) is 0 Å². The van der Waals surface area contributed by atoms with E-state index < -0.39 is 12.1 Å². The summed E-state index contributed by atoms with van der Waals surface area (Å²) in [6, 6.07) is -0.540. The topological polar surface area (TPSA) is 95.9 Å². The Bertz CT molecular complexity index is 1320. The van der Waals surface area contributed by atoms with Gasteiger partial charge in [0.05, 0.1) is 25.4 Å². The summed E-state index contributed by atoms with van der Waals surface area (Å²) in [5.41, 5.74) is 0. The lowest BCUT2D eigenvalue weighted by atomic mass is 10.0. The molecule has 0 fully saturated rings. The number of ether oxygens (including phenoxy) is 1. The molecule has 6 heteroatoms. The summed E-state index contributed by atoms with van der Waals surface area (Å²) in [6.45, 7) is 5.00. The van der Waals surface area contributed by atoms with Gasteiger partial charge in [-0.1, -0.05) is 372 Å². The van der Waals surface area contributed by atoms with E-state index in [1.807, 2.05) is 0 Å². The van der Waals surface area contributed by atoms with Gasteiger partial charge in [-0.3, -0.25) is 9.59 Å². The van der Waals surface area contributed by atoms with Crippen molar-refractivity contribution < 1.29 is 24.5 Å². The quantitative estimate of drug-likeness (QED) is 0.0320. The second-order valence-electron chi connectivity index (χ2n) is 26.7. The zero-order chi connectivity index (χ0) is 60.6. The van der Waals surface area contributed by atoms with Gasteiger partial charge < -0.3 is 20.3 Å². The number of hydrogen-bond acceptors (Lipinski definition) is 5. The third-order valence-corrected chi connectivity index (χ3v) is 18.2. The molecule has 0 heterocycles. The summed E-state index contributed by atoms with van der Waals surface area (Å²) in [5, 5.41) is 23.4. The maximum Gasteiger partial charge on any atom is 0.305 e. The maximum absolute atomic E-state index is 12.5. The highest BCUT2D eigenvalue weighted by molar-refractivity contribution is 5.76. The van der Waals surface area contributed by atoms with Gasteiger partial charge in [-0.05, 0) is 77.0 Å².